The molecular weight excluding hydrogens is 349 g/mol. The number of anilines is 2. The van der Waals surface area contributed by atoms with Crippen LogP contribution in [0.5, 0.6) is 0 Å². The zero-order chi connectivity index (χ0) is 19.1. The number of rotatable bonds is 4. The van der Waals surface area contributed by atoms with E-state index in [4.69, 9.17) is 0 Å². The van der Waals surface area contributed by atoms with Crippen molar-refractivity contribution in [2.24, 2.45) is 13.0 Å². The van der Waals surface area contributed by atoms with E-state index in [0.29, 0.717) is 16.9 Å². The quantitative estimate of drug-likeness (QED) is 0.742. The lowest BCUT2D eigenvalue weighted by atomic mass is 10.2. The first-order chi connectivity index (χ1) is 12.9. The van der Waals surface area contributed by atoms with Crippen molar-refractivity contribution in [1.29, 1.82) is 0 Å². The minimum atomic E-state index is -0.545. The third-order valence-corrected chi connectivity index (χ3v) is 4.56. The topological polar surface area (TPSA) is 88.9 Å². The molecule has 2 heterocycles. The zero-order valence-corrected chi connectivity index (χ0v) is 14.9. The van der Waals surface area contributed by atoms with Crippen molar-refractivity contribution in [2.75, 3.05) is 10.6 Å². The molecule has 7 nitrogen and oxygen atoms in total. The lowest BCUT2D eigenvalue weighted by Gasteiger charge is -2.10. The molecule has 0 atom stereocenters. The summed E-state index contributed by atoms with van der Waals surface area (Å²) in [5.41, 5.74) is 2.28. The average Bonchev–Trinajstić information content (AvgIpc) is 3.45. The van der Waals surface area contributed by atoms with Gasteiger partial charge in [-0.25, -0.2) is 9.37 Å². The van der Waals surface area contributed by atoms with Crippen molar-refractivity contribution in [3.63, 3.8) is 0 Å². The van der Waals surface area contributed by atoms with E-state index in [9.17, 15) is 14.0 Å². The number of halogens is 1. The lowest BCUT2D eigenvalue weighted by Crippen LogP contribution is -2.16. The molecule has 1 fully saturated rings. The van der Waals surface area contributed by atoms with Gasteiger partial charge in [-0.15, -0.1) is 0 Å². The van der Waals surface area contributed by atoms with Gasteiger partial charge < -0.3 is 10.6 Å². The van der Waals surface area contributed by atoms with E-state index in [-0.39, 0.29) is 23.4 Å². The minimum Gasteiger partial charge on any atom is -0.323 e. The van der Waals surface area contributed by atoms with Gasteiger partial charge >= 0.3 is 0 Å². The summed E-state index contributed by atoms with van der Waals surface area (Å²) in [7, 11) is 1.79. The van der Waals surface area contributed by atoms with Crippen LogP contribution >= 0.6 is 0 Å². The second kappa shape index (κ2) is 6.46. The highest BCUT2D eigenvalue weighted by atomic mass is 19.1. The Labute approximate surface area is 154 Å². The van der Waals surface area contributed by atoms with Crippen LogP contribution < -0.4 is 10.6 Å². The number of benzene rings is 1. The first-order valence-corrected chi connectivity index (χ1v) is 8.63. The van der Waals surface area contributed by atoms with Gasteiger partial charge in [-0.2, -0.15) is 5.10 Å². The van der Waals surface area contributed by atoms with Crippen molar-refractivity contribution < 1.29 is 14.0 Å². The van der Waals surface area contributed by atoms with Crippen molar-refractivity contribution in [1.82, 2.24) is 14.8 Å². The lowest BCUT2D eigenvalue weighted by molar-refractivity contribution is -0.117. The van der Waals surface area contributed by atoms with E-state index in [2.05, 4.69) is 20.7 Å². The molecule has 138 valence electrons. The highest BCUT2D eigenvalue weighted by molar-refractivity contribution is 6.06. The van der Waals surface area contributed by atoms with Crippen LogP contribution in [-0.2, 0) is 11.8 Å². The molecule has 0 unspecified atom stereocenters. The van der Waals surface area contributed by atoms with Crippen LogP contribution in [0.4, 0.5) is 15.8 Å². The largest absolute Gasteiger partial charge is 0.323 e. The second-order valence-electron chi connectivity index (χ2n) is 6.72. The van der Waals surface area contributed by atoms with Crippen LogP contribution in [0.15, 0.2) is 30.5 Å². The summed E-state index contributed by atoms with van der Waals surface area (Å²) in [4.78, 5) is 28.7. The van der Waals surface area contributed by atoms with Gasteiger partial charge in [0.05, 0.1) is 16.9 Å². The van der Waals surface area contributed by atoms with Gasteiger partial charge in [-0.1, -0.05) is 0 Å². The van der Waals surface area contributed by atoms with Crippen LogP contribution in [0.3, 0.4) is 0 Å². The van der Waals surface area contributed by atoms with Gasteiger partial charge in [-0.05, 0) is 44.0 Å². The zero-order valence-electron chi connectivity index (χ0n) is 14.9. The first-order valence-electron chi connectivity index (χ1n) is 8.63. The number of aryl methyl sites for hydroxylation is 2. The van der Waals surface area contributed by atoms with Crippen molar-refractivity contribution in [2.45, 2.75) is 19.8 Å². The third kappa shape index (κ3) is 3.38. The number of carbonyl (C=O) groups excluding carboxylic acids is 2. The summed E-state index contributed by atoms with van der Waals surface area (Å²) >= 11 is 0. The van der Waals surface area contributed by atoms with Crippen molar-refractivity contribution >= 4 is 34.2 Å². The number of hydrogen-bond donors (Lipinski definition) is 2. The Balaban J connectivity index is 1.55. The van der Waals surface area contributed by atoms with E-state index in [0.717, 1.165) is 23.9 Å². The highest BCUT2D eigenvalue weighted by Crippen LogP contribution is 2.31. The second-order valence-corrected chi connectivity index (χ2v) is 6.72. The molecule has 1 aromatic carbocycles. The molecule has 2 N–H and O–H groups in total. The van der Waals surface area contributed by atoms with Gasteiger partial charge in [0.2, 0.25) is 5.91 Å². The smallest absolute Gasteiger partial charge is 0.257 e. The molecule has 0 spiro atoms. The molecule has 3 aromatic rings. The van der Waals surface area contributed by atoms with E-state index in [1.54, 1.807) is 17.8 Å². The predicted molar refractivity (Wildman–Crippen MR) is 99.0 cm³/mol. The minimum absolute atomic E-state index is 0.0387. The Bertz CT molecular complexity index is 1070. The fourth-order valence-electron chi connectivity index (χ4n) is 2.91. The van der Waals surface area contributed by atoms with Crippen LogP contribution in [0, 0.1) is 18.7 Å². The molecule has 0 bridgehead atoms. The molecule has 4 rings (SSSR count). The molecule has 1 saturated carbocycles. The fourth-order valence-corrected chi connectivity index (χ4v) is 2.91. The molecule has 0 aliphatic heterocycles. The highest BCUT2D eigenvalue weighted by Gasteiger charge is 2.30. The summed E-state index contributed by atoms with van der Waals surface area (Å²) in [6.07, 6.45) is 3.12. The Morgan fingerprint density at radius 2 is 2.00 bits per heavy atom. The molecular formula is C19H18FN5O2. The Kier molecular flexibility index (Phi) is 4.10. The number of nitrogens with one attached hydrogen (secondary N) is 2. The summed E-state index contributed by atoms with van der Waals surface area (Å²) in [5, 5.41) is 10.4. The Morgan fingerprint density at radius 1 is 1.22 bits per heavy atom. The monoisotopic (exact) mass is 367 g/mol. The maximum atomic E-state index is 13.9. The number of pyridine rings is 1. The molecule has 0 saturated heterocycles. The van der Waals surface area contributed by atoms with E-state index in [1.165, 1.54) is 24.4 Å². The fraction of sp³-hybridized carbons (Fsp3) is 0.263. The van der Waals surface area contributed by atoms with Gasteiger partial charge in [0.25, 0.3) is 5.91 Å². The van der Waals surface area contributed by atoms with Crippen LogP contribution in [0.2, 0.25) is 0 Å². The molecule has 2 aromatic heterocycles. The van der Waals surface area contributed by atoms with Gasteiger partial charge in [-0.3, -0.25) is 14.3 Å². The van der Waals surface area contributed by atoms with E-state index >= 15 is 0 Å². The third-order valence-electron chi connectivity index (χ3n) is 4.56. The van der Waals surface area contributed by atoms with Crippen LogP contribution in [-0.4, -0.2) is 26.6 Å². The summed E-state index contributed by atoms with van der Waals surface area (Å²) in [5.74, 6) is -1.16. The SMILES string of the molecule is Cc1nn(C)c2ncc(C(=O)Nc3ccc(F)c(NC(=O)C4CC4)c3)cc12. The van der Waals surface area contributed by atoms with Crippen LogP contribution in [0.1, 0.15) is 28.9 Å². The number of hydrogen-bond acceptors (Lipinski definition) is 4. The number of amides is 2. The van der Waals surface area contributed by atoms with E-state index in [1.807, 2.05) is 6.92 Å². The first kappa shape index (κ1) is 17.1. The average molecular weight is 367 g/mol. The maximum Gasteiger partial charge on any atom is 0.257 e. The standard InChI is InChI=1S/C19H18FN5O2/c1-10-14-7-12(9-21-17(14)25(2)24-10)19(27)22-13-5-6-15(20)16(8-13)23-18(26)11-3-4-11/h5-9,11H,3-4H2,1-2H3,(H,22,27)(H,23,26). The van der Waals surface area contributed by atoms with Gasteiger partial charge in [0.1, 0.15) is 5.82 Å². The number of aromatic nitrogens is 3. The van der Waals surface area contributed by atoms with E-state index < -0.39 is 5.82 Å². The molecule has 1 aliphatic rings. The van der Waals surface area contributed by atoms with Gasteiger partial charge in [0, 0.05) is 30.2 Å². The predicted octanol–water partition coefficient (Wildman–Crippen LogP) is 3.02. The van der Waals surface area contributed by atoms with Crippen molar-refractivity contribution in [3.8, 4) is 0 Å². The number of nitrogens with zero attached hydrogens (tertiary/aromatic N) is 3. The maximum absolute atomic E-state index is 13.9. The van der Waals surface area contributed by atoms with Crippen LogP contribution in [0.25, 0.3) is 11.0 Å². The Hall–Kier alpha value is -3.29. The number of carbonyl (C=O) groups is 2. The van der Waals surface area contributed by atoms with Gasteiger partial charge in [0.15, 0.2) is 5.65 Å². The Morgan fingerprint density at radius 3 is 2.74 bits per heavy atom. The summed E-state index contributed by atoms with van der Waals surface area (Å²) in [6.45, 7) is 1.85. The molecule has 0 radical (unpaired) electrons. The van der Waals surface area contributed by atoms with Crippen molar-refractivity contribution in [3.05, 3.63) is 47.5 Å². The summed E-state index contributed by atoms with van der Waals surface area (Å²) in [6, 6.07) is 5.79. The molecule has 1 aliphatic carbocycles. The number of fused-ring (bicyclic) bond motifs is 1. The molecule has 2 amide bonds. The molecule has 8 heteroatoms. The normalized spacial score (nSPS) is 13.6. The summed E-state index contributed by atoms with van der Waals surface area (Å²) < 4.78 is 15.6. The molecule has 27 heavy (non-hydrogen) atoms.